The summed E-state index contributed by atoms with van der Waals surface area (Å²) in [5.74, 6) is 1.09. The molecule has 3 nitrogen and oxygen atoms in total. The van der Waals surface area contributed by atoms with Gasteiger partial charge in [0, 0.05) is 13.1 Å². The zero-order valence-corrected chi connectivity index (χ0v) is 13.2. The van der Waals surface area contributed by atoms with Gasteiger partial charge >= 0.3 is 0 Å². The Labute approximate surface area is 119 Å². The van der Waals surface area contributed by atoms with Gasteiger partial charge in [0.05, 0.1) is 6.07 Å². The van der Waals surface area contributed by atoms with Crippen LogP contribution in [0.5, 0.6) is 0 Å². The maximum absolute atomic E-state index is 9.71. The summed E-state index contributed by atoms with van der Waals surface area (Å²) < 4.78 is 0. The quantitative estimate of drug-likeness (QED) is 0.769. The van der Waals surface area contributed by atoms with Crippen molar-refractivity contribution in [3.63, 3.8) is 0 Å². The van der Waals surface area contributed by atoms with Crippen molar-refractivity contribution in [2.75, 3.05) is 26.2 Å². The summed E-state index contributed by atoms with van der Waals surface area (Å²) in [6.45, 7) is 13.1. The maximum Gasteiger partial charge on any atom is 0.109 e. The van der Waals surface area contributed by atoms with Crippen molar-refractivity contribution in [2.45, 2.75) is 58.9 Å². The van der Waals surface area contributed by atoms with E-state index in [1.54, 1.807) is 0 Å². The van der Waals surface area contributed by atoms with Gasteiger partial charge in [0.15, 0.2) is 0 Å². The van der Waals surface area contributed by atoms with Gasteiger partial charge in [-0.2, -0.15) is 5.26 Å². The van der Waals surface area contributed by atoms with Crippen LogP contribution in [0, 0.1) is 23.2 Å². The average molecular weight is 265 g/mol. The Morgan fingerprint density at radius 2 is 2.00 bits per heavy atom. The van der Waals surface area contributed by atoms with Gasteiger partial charge in [-0.15, -0.1) is 0 Å². The van der Waals surface area contributed by atoms with Crippen LogP contribution < -0.4 is 5.32 Å². The molecule has 0 aromatic heterocycles. The second-order valence-corrected chi connectivity index (χ2v) is 6.13. The Bertz CT molecular complexity index is 291. The minimum atomic E-state index is -0.278. The third-order valence-corrected chi connectivity index (χ3v) is 4.74. The van der Waals surface area contributed by atoms with Crippen molar-refractivity contribution in [3.8, 4) is 6.07 Å². The van der Waals surface area contributed by atoms with E-state index in [9.17, 15) is 5.26 Å². The second-order valence-electron chi connectivity index (χ2n) is 6.13. The first-order chi connectivity index (χ1) is 9.09. The van der Waals surface area contributed by atoms with E-state index in [4.69, 9.17) is 0 Å². The first-order valence-electron chi connectivity index (χ1n) is 7.98. The molecule has 0 aliphatic heterocycles. The summed E-state index contributed by atoms with van der Waals surface area (Å²) in [4.78, 5) is 2.41. The van der Waals surface area contributed by atoms with Crippen LogP contribution in [0.4, 0.5) is 0 Å². The molecule has 0 bridgehead atoms. The van der Waals surface area contributed by atoms with Gasteiger partial charge in [0.2, 0.25) is 0 Å². The molecule has 1 N–H and O–H groups in total. The fraction of sp³-hybridized carbons (Fsp3) is 0.938. The molecule has 2 atom stereocenters. The van der Waals surface area contributed by atoms with Gasteiger partial charge in [-0.3, -0.25) is 5.32 Å². The lowest BCUT2D eigenvalue weighted by molar-refractivity contribution is 0.144. The van der Waals surface area contributed by atoms with Gasteiger partial charge in [-0.1, -0.05) is 40.5 Å². The minimum Gasteiger partial charge on any atom is -0.303 e. The topological polar surface area (TPSA) is 39.1 Å². The highest BCUT2D eigenvalue weighted by Gasteiger charge is 2.41. The van der Waals surface area contributed by atoms with Gasteiger partial charge in [0.25, 0.3) is 0 Å². The zero-order chi connectivity index (χ0) is 14.3. The molecule has 0 saturated heterocycles. The summed E-state index contributed by atoms with van der Waals surface area (Å²) >= 11 is 0. The molecule has 0 heterocycles. The van der Waals surface area contributed by atoms with E-state index >= 15 is 0 Å². The van der Waals surface area contributed by atoms with Crippen molar-refractivity contribution in [1.29, 1.82) is 5.26 Å². The normalized spacial score (nSPS) is 27.7. The molecule has 2 unspecified atom stereocenters. The molecular weight excluding hydrogens is 234 g/mol. The van der Waals surface area contributed by atoms with E-state index in [2.05, 4.69) is 44.0 Å². The summed E-state index contributed by atoms with van der Waals surface area (Å²) in [7, 11) is 0. The highest BCUT2D eigenvalue weighted by Crippen LogP contribution is 2.38. The monoisotopic (exact) mass is 265 g/mol. The standard InChI is InChI=1S/C16H31N3/c1-5-19(6-2)12-11-18-16(13-17)10-8-7-9-15(16)14(3)4/h14-15,18H,5-12H2,1-4H3. The Kier molecular flexibility index (Phi) is 6.82. The number of hydrogen-bond acceptors (Lipinski definition) is 3. The molecule has 0 aromatic carbocycles. The smallest absolute Gasteiger partial charge is 0.109 e. The van der Waals surface area contributed by atoms with E-state index < -0.39 is 0 Å². The van der Waals surface area contributed by atoms with Crippen molar-refractivity contribution >= 4 is 0 Å². The van der Waals surface area contributed by atoms with Crippen LogP contribution in [0.2, 0.25) is 0 Å². The molecular formula is C16H31N3. The Hall–Kier alpha value is -0.590. The van der Waals surface area contributed by atoms with Crippen LogP contribution in [-0.4, -0.2) is 36.6 Å². The number of rotatable bonds is 7. The number of nitriles is 1. The van der Waals surface area contributed by atoms with E-state index in [0.717, 1.165) is 32.6 Å². The fourth-order valence-corrected chi connectivity index (χ4v) is 3.48. The highest BCUT2D eigenvalue weighted by atomic mass is 15.1. The average Bonchev–Trinajstić information content (AvgIpc) is 2.43. The molecule has 1 rings (SSSR count). The molecule has 0 amide bonds. The van der Waals surface area contributed by atoms with Gasteiger partial charge in [0.1, 0.15) is 5.54 Å². The van der Waals surface area contributed by atoms with Gasteiger partial charge in [-0.05, 0) is 37.8 Å². The predicted molar refractivity (Wildman–Crippen MR) is 80.9 cm³/mol. The van der Waals surface area contributed by atoms with Crippen LogP contribution in [0.1, 0.15) is 53.4 Å². The highest BCUT2D eigenvalue weighted by molar-refractivity contribution is 5.13. The van der Waals surface area contributed by atoms with Crippen LogP contribution in [0.15, 0.2) is 0 Å². The predicted octanol–water partition coefficient (Wildman–Crippen LogP) is 3.03. The molecule has 1 aliphatic carbocycles. The number of nitrogens with zero attached hydrogens (tertiary/aromatic N) is 2. The van der Waals surface area contributed by atoms with Crippen LogP contribution >= 0.6 is 0 Å². The van der Waals surface area contributed by atoms with E-state index in [1.165, 1.54) is 19.3 Å². The number of nitrogens with one attached hydrogen (secondary N) is 1. The van der Waals surface area contributed by atoms with E-state index in [1.807, 2.05) is 0 Å². The molecule has 1 fully saturated rings. The molecule has 0 aromatic rings. The van der Waals surface area contributed by atoms with Crippen molar-refractivity contribution in [1.82, 2.24) is 10.2 Å². The summed E-state index contributed by atoms with van der Waals surface area (Å²) in [5, 5.41) is 13.3. The Morgan fingerprint density at radius 1 is 1.32 bits per heavy atom. The first-order valence-corrected chi connectivity index (χ1v) is 7.98. The van der Waals surface area contributed by atoms with E-state index in [0.29, 0.717) is 11.8 Å². The van der Waals surface area contributed by atoms with Crippen molar-refractivity contribution in [2.24, 2.45) is 11.8 Å². The Morgan fingerprint density at radius 3 is 2.53 bits per heavy atom. The molecule has 0 radical (unpaired) electrons. The fourth-order valence-electron chi connectivity index (χ4n) is 3.48. The maximum atomic E-state index is 9.71. The molecule has 0 spiro atoms. The van der Waals surface area contributed by atoms with E-state index in [-0.39, 0.29) is 5.54 Å². The first kappa shape index (κ1) is 16.5. The van der Waals surface area contributed by atoms with Gasteiger partial charge in [-0.25, -0.2) is 0 Å². The van der Waals surface area contributed by atoms with Crippen LogP contribution in [0.3, 0.4) is 0 Å². The zero-order valence-electron chi connectivity index (χ0n) is 13.2. The molecule has 3 heteroatoms. The Balaban J connectivity index is 2.60. The molecule has 110 valence electrons. The third kappa shape index (κ3) is 4.19. The number of likely N-dealkylation sites (N-methyl/N-ethyl adjacent to an activating group) is 1. The largest absolute Gasteiger partial charge is 0.303 e. The lowest BCUT2D eigenvalue weighted by atomic mass is 9.68. The third-order valence-electron chi connectivity index (χ3n) is 4.74. The SMILES string of the molecule is CCN(CC)CCNC1(C#N)CCCCC1C(C)C. The number of hydrogen-bond donors (Lipinski definition) is 1. The summed E-state index contributed by atoms with van der Waals surface area (Å²) in [6, 6.07) is 2.63. The molecule has 1 aliphatic rings. The molecule has 19 heavy (non-hydrogen) atoms. The summed E-state index contributed by atoms with van der Waals surface area (Å²) in [5.41, 5.74) is -0.278. The van der Waals surface area contributed by atoms with Crippen molar-refractivity contribution < 1.29 is 0 Å². The van der Waals surface area contributed by atoms with Crippen LogP contribution in [0.25, 0.3) is 0 Å². The lowest BCUT2D eigenvalue weighted by Gasteiger charge is -2.42. The van der Waals surface area contributed by atoms with Crippen LogP contribution in [-0.2, 0) is 0 Å². The summed E-state index contributed by atoms with van der Waals surface area (Å²) in [6.07, 6.45) is 4.69. The lowest BCUT2D eigenvalue weighted by Crippen LogP contribution is -2.55. The second kappa shape index (κ2) is 7.87. The van der Waals surface area contributed by atoms with Gasteiger partial charge < -0.3 is 4.90 Å². The van der Waals surface area contributed by atoms with Crippen molar-refractivity contribution in [3.05, 3.63) is 0 Å². The molecule has 1 saturated carbocycles. The minimum absolute atomic E-state index is 0.278.